The summed E-state index contributed by atoms with van der Waals surface area (Å²) in [5.74, 6) is -0.0103. The van der Waals surface area contributed by atoms with Crippen molar-refractivity contribution in [3.8, 4) is 0 Å². The predicted molar refractivity (Wildman–Crippen MR) is 95.8 cm³/mol. The lowest BCUT2D eigenvalue weighted by molar-refractivity contribution is -0.122. The number of amides is 1. The van der Waals surface area contributed by atoms with E-state index < -0.39 is 0 Å². The van der Waals surface area contributed by atoms with Crippen LogP contribution in [0.1, 0.15) is 24.1 Å². The van der Waals surface area contributed by atoms with Gasteiger partial charge in [0.1, 0.15) is 0 Å². The van der Waals surface area contributed by atoms with E-state index in [9.17, 15) is 4.79 Å². The monoisotopic (exact) mass is 350 g/mol. The number of halogens is 2. The first-order valence-corrected chi connectivity index (χ1v) is 8.17. The molecule has 0 spiro atoms. The molecule has 0 aliphatic heterocycles. The number of nitrogens with zero attached hydrogens (tertiary/aromatic N) is 1. The van der Waals surface area contributed by atoms with Crippen molar-refractivity contribution in [3.63, 3.8) is 0 Å². The van der Waals surface area contributed by atoms with E-state index in [1.165, 1.54) is 0 Å². The molecule has 2 aromatic rings. The summed E-state index contributed by atoms with van der Waals surface area (Å²) in [4.78, 5) is 14.1. The highest BCUT2D eigenvalue weighted by Gasteiger charge is 2.12. The summed E-state index contributed by atoms with van der Waals surface area (Å²) in [5, 5.41) is 4.40. The molecule has 0 aliphatic carbocycles. The van der Waals surface area contributed by atoms with E-state index >= 15 is 0 Å². The van der Waals surface area contributed by atoms with Crippen molar-refractivity contribution in [2.24, 2.45) is 0 Å². The molecule has 2 aromatic carbocycles. The molecule has 122 valence electrons. The van der Waals surface area contributed by atoms with Crippen LogP contribution in [0.5, 0.6) is 0 Å². The topological polar surface area (TPSA) is 32.3 Å². The molecular weight excluding hydrogens is 331 g/mol. The summed E-state index contributed by atoms with van der Waals surface area (Å²) in [6, 6.07) is 15.1. The van der Waals surface area contributed by atoms with Gasteiger partial charge in [-0.3, -0.25) is 9.69 Å². The molecule has 0 heterocycles. The van der Waals surface area contributed by atoms with Crippen LogP contribution in [0.15, 0.2) is 48.5 Å². The number of likely N-dealkylation sites (N-methyl/N-ethyl adjacent to an activating group) is 1. The summed E-state index contributed by atoms with van der Waals surface area (Å²) in [6.07, 6.45) is 0. The number of hydrogen-bond donors (Lipinski definition) is 1. The van der Waals surface area contributed by atoms with Crippen molar-refractivity contribution >= 4 is 29.1 Å². The highest BCUT2D eigenvalue weighted by Crippen LogP contribution is 2.16. The van der Waals surface area contributed by atoms with Gasteiger partial charge < -0.3 is 5.32 Å². The van der Waals surface area contributed by atoms with Gasteiger partial charge in [0.25, 0.3) is 0 Å². The lowest BCUT2D eigenvalue weighted by Gasteiger charge is -2.19. The van der Waals surface area contributed by atoms with Gasteiger partial charge in [0.05, 0.1) is 12.6 Å². The van der Waals surface area contributed by atoms with Crippen LogP contribution in [0.3, 0.4) is 0 Å². The van der Waals surface area contributed by atoms with Crippen LogP contribution < -0.4 is 5.32 Å². The van der Waals surface area contributed by atoms with E-state index in [2.05, 4.69) is 5.32 Å². The number of benzene rings is 2. The Kier molecular flexibility index (Phi) is 6.46. The van der Waals surface area contributed by atoms with Crippen LogP contribution in [0.2, 0.25) is 10.0 Å². The van der Waals surface area contributed by atoms with Crippen molar-refractivity contribution in [1.29, 1.82) is 0 Å². The first-order valence-electron chi connectivity index (χ1n) is 7.42. The van der Waals surface area contributed by atoms with Crippen molar-refractivity contribution < 1.29 is 4.79 Å². The minimum absolute atomic E-state index is 0.0103. The van der Waals surface area contributed by atoms with E-state index in [1.807, 2.05) is 67.4 Å². The first kappa shape index (κ1) is 17.8. The molecule has 0 aliphatic rings. The second kappa shape index (κ2) is 8.34. The fourth-order valence-corrected chi connectivity index (χ4v) is 2.58. The van der Waals surface area contributed by atoms with Crippen LogP contribution in [0.4, 0.5) is 0 Å². The van der Waals surface area contributed by atoms with Crippen LogP contribution in [0.25, 0.3) is 0 Å². The van der Waals surface area contributed by atoms with Gasteiger partial charge >= 0.3 is 0 Å². The average molecular weight is 351 g/mol. The zero-order valence-corrected chi connectivity index (χ0v) is 14.7. The number of rotatable bonds is 6. The molecule has 0 aromatic heterocycles. The van der Waals surface area contributed by atoms with Crippen molar-refractivity contribution in [2.75, 3.05) is 13.6 Å². The minimum Gasteiger partial charge on any atom is -0.348 e. The Morgan fingerprint density at radius 2 is 1.57 bits per heavy atom. The van der Waals surface area contributed by atoms with Gasteiger partial charge in [-0.15, -0.1) is 0 Å². The smallest absolute Gasteiger partial charge is 0.234 e. The van der Waals surface area contributed by atoms with Gasteiger partial charge in [-0.1, -0.05) is 47.5 Å². The van der Waals surface area contributed by atoms with Gasteiger partial charge in [0.2, 0.25) is 5.91 Å². The molecular formula is C18H20Cl2N2O. The van der Waals surface area contributed by atoms with Crippen molar-refractivity contribution in [3.05, 3.63) is 69.7 Å². The van der Waals surface area contributed by atoms with Gasteiger partial charge in [-0.2, -0.15) is 0 Å². The van der Waals surface area contributed by atoms with E-state index in [1.54, 1.807) is 0 Å². The van der Waals surface area contributed by atoms with Crippen molar-refractivity contribution in [1.82, 2.24) is 10.2 Å². The quantitative estimate of drug-likeness (QED) is 0.842. The molecule has 1 N–H and O–H groups in total. The average Bonchev–Trinajstić information content (AvgIpc) is 2.50. The fourth-order valence-electron chi connectivity index (χ4n) is 2.32. The number of carbonyl (C=O) groups is 1. The molecule has 1 unspecified atom stereocenters. The van der Waals surface area contributed by atoms with Crippen LogP contribution >= 0.6 is 23.2 Å². The summed E-state index contributed by atoms with van der Waals surface area (Å²) < 4.78 is 0. The molecule has 0 radical (unpaired) electrons. The summed E-state index contributed by atoms with van der Waals surface area (Å²) in [5.41, 5.74) is 2.15. The van der Waals surface area contributed by atoms with Crippen molar-refractivity contribution in [2.45, 2.75) is 19.5 Å². The third-order valence-electron chi connectivity index (χ3n) is 3.53. The second-order valence-corrected chi connectivity index (χ2v) is 6.51. The van der Waals surface area contributed by atoms with E-state index in [0.717, 1.165) is 11.1 Å². The molecule has 3 nitrogen and oxygen atoms in total. The number of nitrogens with one attached hydrogen (secondary N) is 1. The highest BCUT2D eigenvalue weighted by atomic mass is 35.5. The Morgan fingerprint density at radius 3 is 2.13 bits per heavy atom. The molecule has 0 bridgehead atoms. The summed E-state index contributed by atoms with van der Waals surface area (Å²) >= 11 is 11.7. The molecule has 2 rings (SSSR count). The zero-order valence-electron chi connectivity index (χ0n) is 13.2. The Labute approximate surface area is 147 Å². The normalized spacial score (nSPS) is 12.2. The molecule has 1 atom stereocenters. The molecule has 0 fully saturated rings. The standard InChI is InChI=1S/C18H20Cl2N2O/c1-13(15-5-9-17(20)10-6-15)21-18(23)12-22(2)11-14-3-7-16(19)8-4-14/h3-10,13H,11-12H2,1-2H3,(H,21,23). The molecule has 23 heavy (non-hydrogen) atoms. The maximum atomic E-state index is 12.1. The Bertz CT molecular complexity index is 641. The molecule has 0 saturated heterocycles. The SMILES string of the molecule is CC(NC(=O)CN(C)Cc1ccc(Cl)cc1)c1ccc(Cl)cc1. The maximum Gasteiger partial charge on any atom is 0.234 e. The predicted octanol–water partition coefficient (Wildman–Crippen LogP) is 4.30. The summed E-state index contributed by atoms with van der Waals surface area (Å²) in [7, 11) is 1.92. The number of hydrogen-bond acceptors (Lipinski definition) is 2. The van der Waals surface area contributed by atoms with E-state index in [-0.39, 0.29) is 11.9 Å². The summed E-state index contributed by atoms with van der Waals surface area (Å²) in [6.45, 7) is 2.99. The minimum atomic E-state index is -0.0521. The van der Waals surface area contributed by atoms with Gasteiger partial charge in [0, 0.05) is 16.6 Å². The lowest BCUT2D eigenvalue weighted by atomic mass is 10.1. The molecule has 1 amide bonds. The largest absolute Gasteiger partial charge is 0.348 e. The molecule has 0 saturated carbocycles. The van der Waals surface area contributed by atoms with Gasteiger partial charge in [0.15, 0.2) is 0 Å². The Morgan fingerprint density at radius 1 is 1.04 bits per heavy atom. The second-order valence-electron chi connectivity index (χ2n) is 5.64. The van der Waals surface area contributed by atoms with E-state index in [0.29, 0.717) is 23.1 Å². The lowest BCUT2D eigenvalue weighted by Crippen LogP contribution is -2.36. The fraction of sp³-hybridized carbons (Fsp3) is 0.278. The van der Waals surface area contributed by atoms with Crippen LogP contribution in [0, 0.1) is 0 Å². The van der Waals surface area contributed by atoms with Gasteiger partial charge in [-0.05, 0) is 49.4 Å². The van der Waals surface area contributed by atoms with Crippen LogP contribution in [-0.2, 0) is 11.3 Å². The zero-order chi connectivity index (χ0) is 16.8. The third kappa shape index (κ3) is 5.87. The molecule has 5 heteroatoms. The van der Waals surface area contributed by atoms with Crippen LogP contribution in [-0.4, -0.2) is 24.4 Å². The highest BCUT2D eigenvalue weighted by molar-refractivity contribution is 6.30. The van der Waals surface area contributed by atoms with Gasteiger partial charge in [-0.25, -0.2) is 0 Å². The third-order valence-corrected chi connectivity index (χ3v) is 4.03. The first-order chi connectivity index (χ1) is 10.9. The Balaban J connectivity index is 1.83. The number of carbonyl (C=O) groups excluding carboxylic acids is 1. The maximum absolute atomic E-state index is 12.1. The van der Waals surface area contributed by atoms with E-state index in [4.69, 9.17) is 23.2 Å². The Hall–Kier alpha value is -1.55.